The molecule has 0 aliphatic carbocycles. The molecular weight excluding hydrogens is 386 g/mol. The maximum absolute atomic E-state index is 12.6. The Morgan fingerprint density at radius 1 is 1.03 bits per heavy atom. The third kappa shape index (κ3) is 2.85. The summed E-state index contributed by atoms with van der Waals surface area (Å²) in [7, 11) is 1.96. The molecule has 5 rings (SSSR count). The minimum atomic E-state index is -0.128. The van der Waals surface area contributed by atoms with Gasteiger partial charge >= 0.3 is 0 Å². The summed E-state index contributed by atoms with van der Waals surface area (Å²) in [6, 6.07) is 15.9. The molecule has 0 saturated heterocycles. The second-order valence-corrected chi connectivity index (χ2v) is 7.61. The zero-order valence-electron chi connectivity index (χ0n) is 16.0. The van der Waals surface area contributed by atoms with Crippen LogP contribution in [-0.2, 0) is 18.4 Å². The second kappa shape index (κ2) is 6.93. The monoisotopic (exact) mass is 405 g/mol. The molecular formula is C20H19N7OS. The van der Waals surface area contributed by atoms with Gasteiger partial charge in [-0.25, -0.2) is 4.98 Å². The van der Waals surface area contributed by atoms with E-state index in [0.717, 1.165) is 34.4 Å². The first-order valence-electron chi connectivity index (χ1n) is 9.34. The molecule has 0 aliphatic rings. The van der Waals surface area contributed by atoms with Gasteiger partial charge in [0, 0.05) is 13.6 Å². The number of aryl methyl sites for hydroxylation is 2. The molecule has 0 bridgehead atoms. The van der Waals surface area contributed by atoms with E-state index >= 15 is 0 Å². The van der Waals surface area contributed by atoms with Gasteiger partial charge < -0.3 is 9.13 Å². The van der Waals surface area contributed by atoms with Crippen LogP contribution in [0.4, 0.5) is 5.95 Å². The summed E-state index contributed by atoms with van der Waals surface area (Å²) in [5.74, 6) is 1.41. The average Bonchev–Trinajstić information content (AvgIpc) is 3.39. The van der Waals surface area contributed by atoms with Gasteiger partial charge in [0.15, 0.2) is 5.16 Å². The van der Waals surface area contributed by atoms with E-state index in [1.165, 1.54) is 11.8 Å². The van der Waals surface area contributed by atoms with E-state index in [1.807, 2.05) is 76.0 Å². The Balaban J connectivity index is 1.38. The number of nitrogens with zero attached hydrogens (tertiary/aromatic N) is 6. The molecule has 0 saturated carbocycles. The van der Waals surface area contributed by atoms with Crippen molar-refractivity contribution >= 4 is 51.5 Å². The number of carbonyl (C=O) groups is 1. The van der Waals surface area contributed by atoms with Crippen LogP contribution in [0.5, 0.6) is 0 Å². The van der Waals surface area contributed by atoms with Crippen LogP contribution in [0.1, 0.15) is 6.92 Å². The number of hydrogen-bond donors (Lipinski definition) is 1. The molecule has 0 fully saturated rings. The van der Waals surface area contributed by atoms with Gasteiger partial charge in [0.2, 0.25) is 17.6 Å². The van der Waals surface area contributed by atoms with Gasteiger partial charge in [0.05, 0.1) is 27.8 Å². The van der Waals surface area contributed by atoms with Crippen molar-refractivity contribution in [1.29, 1.82) is 0 Å². The lowest BCUT2D eigenvalue weighted by atomic mass is 10.3. The number of amides is 1. The van der Waals surface area contributed by atoms with Crippen LogP contribution in [0.3, 0.4) is 0 Å². The second-order valence-electron chi connectivity index (χ2n) is 6.67. The standard InChI is InChI=1S/C20H19N7OS/c1-3-26-14-9-5-4-8-13(14)21-18(26)22-17(28)12-29-20-24-23-19-25(2)15-10-6-7-11-16(15)27(19)20/h4-11H,3,12H2,1-2H3,(H,21,22,28). The third-order valence-corrected chi connectivity index (χ3v) is 5.88. The number of aromatic nitrogens is 6. The van der Waals surface area contributed by atoms with Gasteiger partial charge in [-0.2, -0.15) is 0 Å². The molecule has 146 valence electrons. The number of anilines is 1. The number of para-hydroxylation sites is 4. The summed E-state index contributed by atoms with van der Waals surface area (Å²) in [4.78, 5) is 17.2. The van der Waals surface area contributed by atoms with E-state index in [1.54, 1.807) is 0 Å². The normalized spacial score (nSPS) is 11.7. The zero-order valence-corrected chi connectivity index (χ0v) is 16.8. The van der Waals surface area contributed by atoms with Crippen molar-refractivity contribution in [1.82, 2.24) is 28.7 Å². The van der Waals surface area contributed by atoms with Crippen molar-refractivity contribution in [3.8, 4) is 0 Å². The fraction of sp³-hybridized carbons (Fsp3) is 0.200. The molecule has 2 aromatic carbocycles. The van der Waals surface area contributed by atoms with Gasteiger partial charge in [-0.05, 0) is 31.2 Å². The van der Waals surface area contributed by atoms with E-state index in [2.05, 4.69) is 20.5 Å². The summed E-state index contributed by atoms with van der Waals surface area (Å²) in [6.45, 7) is 2.76. The molecule has 3 heterocycles. The maximum Gasteiger partial charge on any atom is 0.237 e. The topological polar surface area (TPSA) is 82.0 Å². The molecule has 1 N–H and O–H groups in total. The highest BCUT2D eigenvalue weighted by Crippen LogP contribution is 2.25. The molecule has 8 nitrogen and oxygen atoms in total. The number of rotatable bonds is 5. The Morgan fingerprint density at radius 3 is 2.55 bits per heavy atom. The highest BCUT2D eigenvalue weighted by atomic mass is 32.2. The van der Waals surface area contributed by atoms with Crippen LogP contribution in [0, 0.1) is 0 Å². The Bertz CT molecular complexity index is 1360. The van der Waals surface area contributed by atoms with E-state index < -0.39 is 0 Å². The number of fused-ring (bicyclic) bond motifs is 4. The van der Waals surface area contributed by atoms with Crippen LogP contribution in [0.25, 0.3) is 27.8 Å². The smallest absolute Gasteiger partial charge is 0.237 e. The lowest BCUT2D eigenvalue weighted by molar-refractivity contribution is -0.113. The Kier molecular flexibility index (Phi) is 4.24. The summed E-state index contributed by atoms with van der Waals surface area (Å²) >= 11 is 1.36. The van der Waals surface area contributed by atoms with Crippen molar-refractivity contribution < 1.29 is 4.79 Å². The van der Waals surface area contributed by atoms with Crippen LogP contribution in [-0.4, -0.2) is 40.4 Å². The number of nitrogens with one attached hydrogen (secondary N) is 1. The average molecular weight is 405 g/mol. The fourth-order valence-corrected chi connectivity index (χ4v) is 4.35. The first-order valence-corrected chi connectivity index (χ1v) is 10.3. The van der Waals surface area contributed by atoms with Crippen LogP contribution < -0.4 is 5.32 Å². The van der Waals surface area contributed by atoms with Crippen molar-refractivity contribution in [2.75, 3.05) is 11.1 Å². The number of benzene rings is 2. The van der Waals surface area contributed by atoms with Crippen LogP contribution in [0.15, 0.2) is 53.7 Å². The Morgan fingerprint density at radius 2 is 1.76 bits per heavy atom. The number of carbonyl (C=O) groups excluding carboxylic acids is 1. The van der Waals surface area contributed by atoms with Gasteiger partial charge in [0.1, 0.15) is 0 Å². The summed E-state index contributed by atoms with van der Waals surface area (Å²) in [6.07, 6.45) is 0. The van der Waals surface area contributed by atoms with E-state index in [-0.39, 0.29) is 11.7 Å². The molecule has 0 spiro atoms. The van der Waals surface area contributed by atoms with Gasteiger partial charge in [-0.15, -0.1) is 10.2 Å². The predicted octanol–water partition coefficient (Wildman–Crippen LogP) is 3.32. The lowest BCUT2D eigenvalue weighted by Gasteiger charge is -2.07. The Hall–Kier alpha value is -3.33. The van der Waals surface area contributed by atoms with Crippen LogP contribution in [0.2, 0.25) is 0 Å². The van der Waals surface area contributed by atoms with E-state index in [4.69, 9.17) is 0 Å². The van der Waals surface area contributed by atoms with Gasteiger partial charge in [0.25, 0.3) is 0 Å². The fourth-order valence-electron chi connectivity index (χ4n) is 3.61. The van der Waals surface area contributed by atoms with Crippen molar-refractivity contribution in [2.24, 2.45) is 7.05 Å². The Labute approximate surface area is 170 Å². The summed E-state index contributed by atoms with van der Waals surface area (Å²) in [5, 5.41) is 12.2. The third-order valence-electron chi connectivity index (χ3n) is 4.95. The molecule has 0 radical (unpaired) electrons. The van der Waals surface area contributed by atoms with Gasteiger partial charge in [-0.3, -0.25) is 14.5 Å². The van der Waals surface area contributed by atoms with Crippen molar-refractivity contribution in [2.45, 2.75) is 18.6 Å². The largest absolute Gasteiger partial charge is 0.311 e. The minimum absolute atomic E-state index is 0.128. The molecule has 29 heavy (non-hydrogen) atoms. The van der Waals surface area contributed by atoms with E-state index in [0.29, 0.717) is 11.1 Å². The van der Waals surface area contributed by atoms with Crippen LogP contribution >= 0.6 is 11.8 Å². The molecule has 0 atom stereocenters. The summed E-state index contributed by atoms with van der Waals surface area (Å²) < 4.78 is 5.97. The predicted molar refractivity (Wildman–Crippen MR) is 114 cm³/mol. The molecule has 1 amide bonds. The molecule has 5 aromatic rings. The first-order chi connectivity index (χ1) is 14.2. The van der Waals surface area contributed by atoms with Crippen molar-refractivity contribution in [3.05, 3.63) is 48.5 Å². The summed E-state index contributed by atoms with van der Waals surface area (Å²) in [5.41, 5.74) is 3.96. The first kappa shape index (κ1) is 17.7. The zero-order chi connectivity index (χ0) is 20.0. The molecule has 0 aliphatic heterocycles. The lowest BCUT2D eigenvalue weighted by Crippen LogP contribution is -2.17. The number of thioether (sulfide) groups is 1. The molecule has 9 heteroatoms. The van der Waals surface area contributed by atoms with E-state index in [9.17, 15) is 4.79 Å². The minimum Gasteiger partial charge on any atom is -0.311 e. The highest BCUT2D eigenvalue weighted by Gasteiger charge is 2.17. The SMILES string of the molecule is CCn1c(NC(=O)CSc2nnc3n(C)c4ccccc4n23)nc2ccccc21. The molecule has 0 unspecified atom stereocenters. The maximum atomic E-state index is 12.6. The number of imidazole rings is 2. The quantitative estimate of drug-likeness (QED) is 0.454. The highest BCUT2D eigenvalue weighted by molar-refractivity contribution is 7.99. The number of hydrogen-bond acceptors (Lipinski definition) is 5. The van der Waals surface area contributed by atoms with Gasteiger partial charge in [-0.1, -0.05) is 36.0 Å². The van der Waals surface area contributed by atoms with Crippen molar-refractivity contribution in [3.63, 3.8) is 0 Å². The molecule has 3 aromatic heterocycles.